The molecule has 7 heteroatoms. The molecule has 6 nitrogen and oxygen atoms in total. The zero-order chi connectivity index (χ0) is 20.3. The Morgan fingerprint density at radius 1 is 0.964 bits per heavy atom. The van der Waals surface area contributed by atoms with Gasteiger partial charge in [-0.1, -0.05) is 48.5 Å². The molecule has 0 unspecified atom stereocenters. The Morgan fingerprint density at radius 2 is 1.54 bits per heavy atom. The van der Waals surface area contributed by atoms with Gasteiger partial charge >= 0.3 is 0 Å². The molecule has 0 aliphatic rings. The number of aromatic nitrogens is 1. The summed E-state index contributed by atoms with van der Waals surface area (Å²) in [7, 11) is -4.07. The number of benzene rings is 2. The van der Waals surface area contributed by atoms with E-state index in [0.717, 1.165) is 5.56 Å². The SMILES string of the molecule is Cc1cc(=O)c(C(=O)NS(=O)(=O)c2ccccc2)c(C)n1Cc1ccccc1. The van der Waals surface area contributed by atoms with Crippen LogP contribution in [-0.2, 0) is 16.6 Å². The Bertz CT molecular complexity index is 1170. The van der Waals surface area contributed by atoms with Crippen LogP contribution in [0.2, 0.25) is 0 Å². The molecule has 0 aliphatic carbocycles. The highest BCUT2D eigenvalue weighted by Gasteiger charge is 2.23. The van der Waals surface area contributed by atoms with Crippen molar-refractivity contribution in [1.82, 2.24) is 9.29 Å². The molecule has 0 atom stereocenters. The zero-order valence-corrected chi connectivity index (χ0v) is 16.4. The van der Waals surface area contributed by atoms with Crippen LogP contribution in [0.15, 0.2) is 76.4 Å². The zero-order valence-electron chi connectivity index (χ0n) is 15.5. The second-order valence-corrected chi connectivity index (χ2v) is 8.11. The van der Waals surface area contributed by atoms with Gasteiger partial charge in [-0.2, -0.15) is 0 Å². The Hall–Kier alpha value is -3.19. The molecule has 0 radical (unpaired) electrons. The Kier molecular flexibility index (Phi) is 5.46. The Labute approximate surface area is 163 Å². The molecule has 0 saturated heterocycles. The Morgan fingerprint density at radius 3 is 2.14 bits per heavy atom. The van der Waals surface area contributed by atoms with Crippen LogP contribution in [0, 0.1) is 13.8 Å². The maximum absolute atomic E-state index is 12.7. The third kappa shape index (κ3) is 4.04. The lowest BCUT2D eigenvalue weighted by Crippen LogP contribution is -2.35. The number of carbonyl (C=O) groups excluding carboxylic acids is 1. The molecule has 3 aromatic rings. The van der Waals surface area contributed by atoms with E-state index >= 15 is 0 Å². The highest BCUT2D eigenvalue weighted by atomic mass is 32.2. The van der Waals surface area contributed by atoms with Crippen LogP contribution in [0.1, 0.15) is 27.3 Å². The van der Waals surface area contributed by atoms with Gasteiger partial charge in [0.1, 0.15) is 5.56 Å². The molecule has 3 rings (SSSR count). The molecule has 1 aromatic heterocycles. The number of hydrogen-bond donors (Lipinski definition) is 1. The van der Waals surface area contributed by atoms with E-state index in [9.17, 15) is 18.0 Å². The molecule has 1 N–H and O–H groups in total. The van der Waals surface area contributed by atoms with E-state index in [1.165, 1.54) is 18.2 Å². The fraction of sp³-hybridized carbons (Fsp3) is 0.143. The molecule has 0 spiro atoms. The molecule has 0 saturated carbocycles. The van der Waals surface area contributed by atoms with Gasteiger partial charge in [0, 0.05) is 24.0 Å². The van der Waals surface area contributed by atoms with E-state index in [2.05, 4.69) is 0 Å². The minimum Gasteiger partial charge on any atom is -0.344 e. The third-order valence-corrected chi connectivity index (χ3v) is 5.82. The van der Waals surface area contributed by atoms with Crippen LogP contribution in [0.25, 0.3) is 0 Å². The molecular weight excluding hydrogens is 376 g/mol. The van der Waals surface area contributed by atoms with Gasteiger partial charge in [0.2, 0.25) is 0 Å². The molecule has 0 aliphatic heterocycles. The van der Waals surface area contributed by atoms with E-state index in [0.29, 0.717) is 17.9 Å². The van der Waals surface area contributed by atoms with Gasteiger partial charge < -0.3 is 4.57 Å². The van der Waals surface area contributed by atoms with E-state index < -0.39 is 21.4 Å². The van der Waals surface area contributed by atoms with Crippen molar-refractivity contribution in [2.24, 2.45) is 0 Å². The second-order valence-electron chi connectivity index (χ2n) is 6.43. The molecule has 144 valence electrons. The second kappa shape index (κ2) is 7.82. The summed E-state index contributed by atoms with van der Waals surface area (Å²) in [6, 6.07) is 18.5. The summed E-state index contributed by atoms with van der Waals surface area (Å²) in [5, 5.41) is 0. The first-order valence-corrected chi connectivity index (χ1v) is 10.1. The quantitative estimate of drug-likeness (QED) is 0.718. The minimum atomic E-state index is -4.07. The van der Waals surface area contributed by atoms with Crippen LogP contribution in [-0.4, -0.2) is 18.9 Å². The predicted octanol–water partition coefficient (Wildman–Crippen LogP) is 2.63. The number of amides is 1. The first-order valence-electron chi connectivity index (χ1n) is 8.67. The largest absolute Gasteiger partial charge is 0.344 e. The number of sulfonamides is 1. The first-order chi connectivity index (χ1) is 13.3. The van der Waals surface area contributed by atoms with Gasteiger partial charge in [-0.05, 0) is 31.5 Å². The smallest absolute Gasteiger partial charge is 0.270 e. The lowest BCUT2D eigenvalue weighted by molar-refractivity contribution is 0.0979. The van der Waals surface area contributed by atoms with Gasteiger partial charge in [-0.3, -0.25) is 9.59 Å². The molecule has 1 amide bonds. The molecule has 28 heavy (non-hydrogen) atoms. The van der Waals surface area contributed by atoms with Crippen molar-refractivity contribution in [3.8, 4) is 0 Å². The number of hydrogen-bond acceptors (Lipinski definition) is 4. The summed E-state index contributed by atoms with van der Waals surface area (Å²) in [6.45, 7) is 3.88. The van der Waals surface area contributed by atoms with E-state index in [1.807, 2.05) is 39.6 Å². The van der Waals surface area contributed by atoms with Crippen molar-refractivity contribution in [1.29, 1.82) is 0 Å². The number of nitrogens with one attached hydrogen (secondary N) is 1. The lowest BCUT2D eigenvalue weighted by Gasteiger charge is -2.17. The van der Waals surface area contributed by atoms with Crippen LogP contribution < -0.4 is 10.2 Å². The highest BCUT2D eigenvalue weighted by Crippen LogP contribution is 2.13. The fourth-order valence-corrected chi connectivity index (χ4v) is 4.01. The highest BCUT2D eigenvalue weighted by molar-refractivity contribution is 7.90. The van der Waals surface area contributed by atoms with Gasteiger partial charge in [0.15, 0.2) is 5.43 Å². The van der Waals surface area contributed by atoms with Crippen molar-refractivity contribution in [2.75, 3.05) is 0 Å². The van der Waals surface area contributed by atoms with Crippen LogP contribution in [0.4, 0.5) is 0 Å². The fourth-order valence-electron chi connectivity index (χ4n) is 3.03. The Balaban J connectivity index is 1.99. The van der Waals surface area contributed by atoms with Crippen LogP contribution in [0.3, 0.4) is 0 Å². The third-order valence-electron chi connectivity index (χ3n) is 4.47. The van der Waals surface area contributed by atoms with Crippen molar-refractivity contribution < 1.29 is 13.2 Å². The molecule has 0 fully saturated rings. The maximum atomic E-state index is 12.7. The average molecular weight is 396 g/mol. The van der Waals surface area contributed by atoms with Crippen molar-refractivity contribution in [3.05, 3.63) is 99.5 Å². The molecule has 2 aromatic carbocycles. The van der Waals surface area contributed by atoms with E-state index in [4.69, 9.17) is 0 Å². The molecule has 1 heterocycles. The summed E-state index contributed by atoms with van der Waals surface area (Å²) in [4.78, 5) is 25.1. The summed E-state index contributed by atoms with van der Waals surface area (Å²) in [5.41, 5.74) is 1.41. The number of aryl methyl sites for hydroxylation is 1. The van der Waals surface area contributed by atoms with E-state index in [-0.39, 0.29) is 10.5 Å². The lowest BCUT2D eigenvalue weighted by atomic mass is 10.1. The first kappa shape index (κ1) is 19.6. The summed E-state index contributed by atoms with van der Waals surface area (Å²) in [5.74, 6) is -0.937. The summed E-state index contributed by atoms with van der Waals surface area (Å²) < 4.78 is 28.7. The van der Waals surface area contributed by atoms with Crippen molar-refractivity contribution >= 4 is 15.9 Å². The number of carbonyl (C=O) groups is 1. The average Bonchev–Trinajstić information content (AvgIpc) is 2.66. The van der Waals surface area contributed by atoms with Gasteiger partial charge in [-0.25, -0.2) is 13.1 Å². The predicted molar refractivity (Wildman–Crippen MR) is 107 cm³/mol. The monoisotopic (exact) mass is 396 g/mol. The van der Waals surface area contributed by atoms with Crippen molar-refractivity contribution in [3.63, 3.8) is 0 Å². The maximum Gasteiger partial charge on any atom is 0.270 e. The molecule has 0 bridgehead atoms. The van der Waals surface area contributed by atoms with Crippen LogP contribution in [0.5, 0.6) is 0 Å². The van der Waals surface area contributed by atoms with Crippen LogP contribution >= 0.6 is 0 Å². The standard InChI is InChI=1S/C21H20N2O4S/c1-15-13-19(24)20(16(2)23(15)14-17-9-5-3-6-10-17)21(25)22-28(26,27)18-11-7-4-8-12-18/h3-13H,14H2,1-2H3,(H,22,25). The van der Waals surface area contributed by atoms with Gasteiger partial charge in [-0.15, -0.1) is 0 Å². The van der Waals surface area contributed by atoms with Crippen molar-refractivity contribution in [2.45, 2.75) is 25.3 Å². The van der Waals surface area contributed by atoms with E-state index in [1.54, 1.807) is 32.0 Å². The van der Waals surface area contributed by atoms with Gasteiger partial charge in [0.05, 0.1) is 4.90 Å². The topological polar surface area (TPSA) is 85.2 Å². The number of nitrogens with zero attached hydrogens (tertiary/aromatic N) is 1. The molecular formula is C21H20N2O4S. The summed E-state index contributed by atoms with van der Waals surface area (Å²) >= 11 is 0. The minimum absolute atomic E-state index is 0.0438. The number of rotatable bonds is 5. The normalized spacial score (nSPS) is 11.2. The van der Waals surface area contributed by atoms with Gasteiger partial charge in [0.25, 0.3) is 15.9 Å². The number of pyridine rings is 1. The summed E-state index contributed by atoms with van der Waals surface area (Å²) in [6.07, 6.45) is 0.